The predicted molar refractivity (Wildman–Crippen MR) is 123 cm³/mol. The molecule has 32 heavy (non-hydrogen) atoms. The minimum absolute atomic E-state index is 0.0513. The molecular weight excluding hydrogens is 404 g/mol. The lowest BCUT2D eigenvalue weighted by Gasteiger charge is -2.14. The summed E-state index contributed by atoms with van der Waals surface area (Å²) in [4.78, 5) is 14.8. The summed E-state index contributed by atoms with van der Waals surface area (Å²) in [5, 5.41) is 11.4. The van der Waals surface area contributed by atoms with Crippen LogP contribution in [-0.4, -0.2) is 54.3 Å². The van der Waals surface area contributed by atoms with Crippen LogP contribution in [0.1, 0.15) is 29.6 Å². The molecule has 2 heterocycles. The van der Waals surface area contributed by atoms with Gasteiger partial charge in [-0.05, 0) is 69.2 Å². The monoisotopic (exact) mass is 432 g/mol. The number of amides is 1. The molecule has 166 valence electrons. The topological polar surface area (TPSA) is 76.6 Å². The smallest absolute Gasteiger partial charge is 0.251 e. The number of hydrogen-bond donors (Lipinski definition) is 1. The standard InChI is InChI=1S/C25H28N4O3/c1-31-22-7-2-3-8-23(22)32-24-14-13-21(27-28-24)19-9-11-20(12-10-19)25(30)26-15-6-18-29-16-4-5-17-29/h2-3,7-14H,4-6,15-18H2,1H3,(H,26,30). The van der Waals surface area contributed by atoms with E-state index in [-0.39, 0.29) is 5.91 Å². The summed E-state index contributed by atoms with van der Waals surface area (Å²) < 4.78 is 11.1. The number of para-hydroxylation sites is 2. The minimum atomic E-state index is -0.0513. The summed E-state index contributed by atoms with van der Waals surface area (Å²) in [6.45, 7) is 4.11. The molecule has 0 aliphatic carbocycles. The number of aromatic nitrogens is 2. The maximum Gasteiger partial charge on any atom is 0.251 e. The molecule has 0 bridgehead atoms. The molecule has 1 aromatic heterocycles. The molecule has 4 rings (SSSR count). The molecule has 7 nitrogen and oxygen atoms in total. The molecule has 0 unspecified atom stereocenters. The van der Waals surface area contributed by atoms with Crippen molar-refractivity contribution >= 4 is 5.91 Å². The maximum atomic E-state index is 12.4. The second-order valence-corrected chi connectivity index (χ2v) is 7.75. The van der Waals surface area contributed by atoms with Gasteiger partial charge >= 0.3 is 0 Å². The fraction of sp³-hybridized carbons (Fsp3) is 0.320. The van der Waals surface area contributed by atoms with Crippen LogP contribution < -0.4 is 14.8 Å². The van der Waals surface area contributed by atoms with Crippen LogP contribution in [0.25, 0.3) is 11.3 Å². The Morgan fingerprint density at radius 1 is 0.969 bits per heavy atom. The summed E-state index contributed by atoms with van der Waals surface area (Å²) in [7, 11) is 1.59. The molecule has 0 spiro atoms. The lowest BCUT2D eigenvalue weighted by atomic mass is 10.1. The number of methoxy groups -OCH3 is 1. The van der Waals surface area contributed by atoms with Gasteiger partial charge in [-0.1, -0.05) is 24.3 Å². The average molecular weight is 433 g/mol. The number of benzene rings is 2. The van der Waals surface area contributed by atoms with Crippen LogP contribution in [0.5, 0.6) is 17.4 Å². The average Bonchev–Trinajstić information content (AvgIpc) is 3.36. The molecule has 0 saturated carbocycles. The second kappa shape index (κ2) is 10.7. The lowest BCUT2D eigenvalue weighted by Crippen LogP contribution is -2.28. The minimum Gasteiger partial charge on any atom is -0.493 e. The number of likely N-dealkylation sites (tertiary alicyclic amines) is 1. The van der Waals surface area contributed by atoms with Crippen molar-refractivity contribution in [1.82, 2.24) is 20.4 Å². The largest absolute Gasteiger partial charge is 0.493 e. The van der Waals surface area contributed by atoms with Crippen molar-refractivity contribution in [3.63, 3.8) is 0 Å². The van der Waals surface area contributed by atoms with E-state index in [1.807, 2.05) is 54.6 Å². The van der Waals surface area contributed by atoms with Crippen LogP contribution in [0.4, 0.5) is 0 Å². The van der Waals surface area contributed by atoms with Gasteiger partial charge in [-0.15, -0.1) is 10.2 Å². The van der Waals surface area contributed by atoms with E-state index in [9.17, 15) is 4.79 Å². The molecule has 1 aliphatic rings. The van der Waals surface area contributed by atoms with Gasteiger partial charge < -0.3 is 19.7 Å². The molecule has 2 aromatic carbocycles. The van der Waals surface area contributed by atoms with E-state index in [1.54, 1.807) is 13.2 Å². The highest BCUT2D eigenvalue weighted by atomic mass is 16.5. The summed E-state index contributed by atoms with van der Waals surface area (Å²) in [5.41, 5.74) is 2.22. The van der Waals surface area contributed by atoms with E-state index < -0.39 is 0 Å². The zero-order chi connectivity index (χ0) is 22.2. The Bertz CT molecular complexity index is 1020. The lowest BCUT2D eigenvalue weighted by molar-refractivity contribution is 0.0952. The molecule has 0 atom stereocenters. The van der Waals surface area contributed by atoms with E-state index in [4.69, 9.17) is 9.47 Å². The Hall–Kier alpha value is -3.45. The van der Waals surface area contributed by atoms with E-state index in [2.05, 4.69) is 20.4 Å². The first-order valence-electron chi connectivity index (χ1n) is 11.0. The van der Waals surface area contributed by atoms with Crippen molar-refractivity contribution in [2.24, 2.45) is 0 Å². The van der Waals surface area contributed by atoms with Crippen LogP contribution in [0.2, 0.25) is 0 Å². The molecule has 1 N–H and O–H groups in total. The number of hydrogen-bond acceptors (Lipinski definition) is 6. The van der Waals surface area contributed by atoms with Gasteiger partial charge in [0.05, 0.1) is 12.8 Å². The number of ether oxygens (including phenoxy) is 2. The molecule has 1 amide bonds. The zero-order valence-corrected chi connectivity index (χ0v) is 18.3. The molecule has 0 radical (unpaired) electrons. The van der Waals surface area contributed by atoms with Crippen molar-refractivity contribution in [3.05, 3.63) is 66.2 Å². The van der Waals surface area contributed by atoms with Crippen LogP contribution >= 0.6 is 0 Å². The third kappa shape index (κ3) is 5.62. The summed E-state index contributed by atoms with van der Waals surface area (Å²) >= 11 is 0. The van der Waals surface area contributed by atoms with Crippen LogP contribution in [0.3, 0.4) is 0 Å². The van der Waals surface area contributed by atoms with E-state index in [0.29, 0.717) is 35.2 Å². The van der Waals surface area contributed by atoms with Crippen molar-refractivity contribution in [2.75, 3.05) is 33.3 Å². The van der Waals surface area contributed by atoms with Gasteiger partial charge in [-0.2, -0.15) is 0 Å². The number of nitrogens with zero attached hydrogens (tertiary/aromatic N) is 3. The first kappa shape index (κ1) is 21.8. The molecule has 7 heteroatoms. The number of nitrogens with one attached hydrogen (secondary N) is 1. The summed E-state index contributed by atoms with van der Waals surface area (Å²) in [6.07, 6.45) is 3.56. The third-order valence-electron chi connectivity index (χ3n) is 5.50. The SMILES string of the molecule is COc1ccccc1Oc1ccc(-c2ccc(C(=O)NCCCN3CCCC3)cc2)nn1. The Balaban J connectivity index is 1.30. The first-order valence-corrected chi connectivity index (χ1v) is 11.0. The quantitative estimate of drug-likeness (QED) is 0.512. The van der Waals surface area contributed by atoms with Gasteiger partial charge in [0.15, 0.2) is 11.5 Å². The van der Waals surface area contributed by atoms with Crippen LogP contribution in [-0.2, 0) is 0 Å². The molecule has 1 aliphatic heterocycles. The van der Waals surface area contributed by atoms with Gasteiger partial charge in [-0.25, -0.2) is 0 Å². The number of carbonyl (C=O) groups excluding carboxylic acids is 1. The first-order chi connectivity index (χ1) is 15.7. The van der Waals surface area contributed by atoms with E-state index >= 15 is 0 Å². The van der Waals surface area contributed by atoms with Crippen LogP contribution in [0, 0.1) is 0 Å². The van der Waals surface area contributed by atoms with Gasteiger partial charge in [0.1, 0.15) is 0 Å². The van der Waals surface area contributed by atoms with Crippen molar-refractivity contribution in [1.29, 1.82) is 0 Å². The zero-order valence-electron chi connectivity index (χ0n) is 18.3. The fourth-order valence-corrected chi connectivity index (χ4v) is 3.75. The van der Waals surface area contributed by atoms with E-state index in [0.717, 1.165) is 18.5 Å². The summed E-state index contributed by atoms with van der Waals surface area (Å²) in [5.74, 6) is 1.53. The molecule has 1 saturated heterocycles. The predicted octanol–water partition coefficient (Wildman–Crippen LogP) is 4.16. The number of carbonyl (C=O) groups is 1. The Morgan fingerprint density at radius 2 is 1.72 bits per heavy atom. The normalized spacial score (nSPS) is 13.7. The van der Waals surface area contributed by atoms with Gasteiger partial charge in [-0.3, -0.25) is 4.79 Å². The Kier molecular flexibility index (Phi) is 7.30. The van der Waals surface area contributed by atoms with Crippen LogP contribution in [0.15, 0.2) is 60.7 Å². The fourth-order valence-electron chi connectivity index (χ4n) is 3.75. The molecule has 1 fully saturated rings. The Morgan fingerprint density at radius 3 is 2.41 bits per heavy atom. The van der Waals surface area contributed by atoms with Gasteiger partial charge in [0.2, 0.25) is 5.88 Å². The highest BCUT2D eigenvalue weighted by molar-refractivity contribution is 5.94. The van der Waals surface area contributed by atoms with Gasteiger partial charge in [0, 0.05) is 23.7 Å². The molecule has 3 aromatic rings. The van der Waals surface area contributed by atoms with Gasteiger partial charge in [0.25, 0.3) is 5.91 Å². The number of rotatable bonds is 9. The molecular formula is C25H28N4O3. The second-order valence-electron chi connectivity index (χ2n) is 7.75. The summed E-state index contributed by atoms with van der Waals surface area (Å²) in [6, 6.07) is 18.4. The van der Waals surface area contributed by atoms with Crippen molar-refractivity contribution in [2.45, 2.75) is 19.3 Å². The Labute approximate surface area is 188 Å². The van der Waals surface area contributed by atoms with E-state index in [1.165, 1.54) is 25.9 Å². The highest BCUT2D eigenvalue weighted by Crippen LogP contribution is 2.30. The van der Waals surface area contributed by atoms with Crippen molar-refractivity contribution < 1.29 is 14.3 Å². The van der Waals surface area contributed by atoms with Crippen molar-refractivity contribution in [3.8, 4) is 28.6 Å². The highest BCUT2D eigenvalue weighted by Gasteiger charge is 2.11. The third-order valence-corrected chi connectivity index (χ3v) is 5.50. The maximum absolute atomic E-state index is 12.4.